The van der Waals surface area contributed by atoms with Crippen molar-refractivity contribution < 1.29 is 28.4 Å². The van der Waals surface area contributed by atoms with E-state index in [1.54, 1.807) is 38.6 Å². The van der Waals surface area contributed by atoms with E-state index in [2.05, 4.69) is 25.1 Å². The number of anilines is 1. The molecule has 3 rings (SSSR count). The highest BCUT2D eigenvalue weighted by atomic mass is 31.2. The van der Waals surface area contributed by atoms with Crippen LogP contribution in [0.15, 0.2) is 12.7 Å². The number of hydrogen-bond acceptors (Lipinski definition) is 10. The number of rotatable bonds is 14. The van der Waals surface area contributed by atoms with Crippen LogP contribution in [0.3, 0.4) is 0 Å². The molecule has 2 aromatic heterocycles. The van der Waals surface area contributed by atoms with Crippen LogP contribution in [-0.4, -0.2) is 68.2 Å². The maximum absolute atomic E-state index is 14.0. The van der Waals surface area contributed by atoms with Crippen LogP contribution in [0, 0.1) is 0 Å². The third-order valence-electron chi connectivity index (χ3n) is 5.92. The van der Waals surface area contributed by atoms with E-state index in [0.717, 1.165) is 19.3 Å². The van der Waals surface area contributed by atoms with Crippen LogP contribution in [-0.2, 0) is 34.9 Å². The van der Waals surface area contributed by atoms with E-state index < -0.39 is 37.1 Å². The zero-order valence-electron chi connectivity index (χ0n) is 22.1. The van der Waals surface area contributed by atoms with E-state index in [4.69, 9.17) is 19.9 Å². The molecule has 14 heteroatoms. The van der Waals surface area contributed by atoms with Gasteiger partial charge in [-0.1, -0.05) is 6.92 Å². The molecule has 1 fully saturated rings. The fourth-order valence-corrected chi connectivity index (χ4v) is 6.08. The number of aromatic nitrogens is 4. The Bertz CT molecular complexity index is 1140. The Labute approximate surface area is 216 Å². The average Bonchev–Trinajstić information content (AvgIpc) is 3.21. The lowest BCUT2D eigenvalue weighted by molar-refractivity contribution is -0.154. The molecule has 37 heavy (non-hydrogen) atoms. The summed E-state index contributed by atoms with van der Waals surface area (Å²) in [5.74, 6) is -0.792. The molecule has 4 N–H and O–H groups in total. The molecule has 1 saturated carbocycles. The van der Waals surface area contributed by atoms with Gasteiger partial charge in [0.1, 0.15) is 35.9 Å². The van der Waals surface area contributed by atoms with Crippen LogP contribution in [0.2, 0.25) is 0 Å². The van der Waals surface area contributed by atoms with Crippen molar-refractivity contribution in [3.8, 4) is 0 Å². The Morgan fingerprint density at radius 2 is 2.00 bits per heavy atom. The topological polar surface area (TPSA) is 173 Å². The summed E-state index contributed by atoms with van der Waals surface area (Å²) in [5.41, 5.74) is 5.58. The first kappa shape index (κ1) is 29.0. The van der Waals surface area contributed by atoms with Crippen molar-refractivity contribution in [3.63, 3.8) is 0 Å². The molecular weight excluding hydrogens is 501 g/mol. The fraction of sp³-hybridized carbons (Fsp3) is 0.696. The number of carbonyl (C=O) groups is 2. The molecule has 0 aromatic carbocycles. The predicted octanol–water partition coefficient (Wildman–Crippen LogP) is 2.36. The zero-order valence-corrected chi connectivity index (χ0v) is 23.0. The van der Waals surface area contributed by atoms with E-state index >= 15 is 0 Å². The van der Waals surface area contributed by atoms with Crippen LogP contribution in [0.5, 0.6) is 0 Å². The Morgan fingerprint density at radius 1 is 1.27 bits per heavy atom. The molecule has 0 saturated heterocycles. The third kappa shape index (κ3) is 7.70. The van der Waals surface area contributed by atoms with Gasteiger partial charge in [-0.3, -0.25) is 14.2 Å². The van der Waals surface area contributed by atoms with E-state index in [0.29, 0.717) is 24.1 Å². The largest absolute Gasteiger partial charge is 0.464 e. The molecule has 3 atom stereocenters. The first-order valence-corrected chi connectivity index (χ1v) is 14.4. The molecule has 0 bridgehead atoms. The summed E-state index contributed by atoms with van der Waals surface area (Å²) in [6.07, 6.45) is 5.41. The summed E-state index contributed by atoms with van der Waals surface area (Å²) in [6, 6.07) is -0.891. The number of hydrogen-bond donors (Lipinski definition) is 3. The molecule has 0 amide bonds. The summed E-state index contributed by atoms with van der Waals surface area (Å²) in [5, 5.41) is 5.72. The molecule has 13 nitrogen and oxygen atoms in total. The van der Waals surface area contributed by atoms with Crippen LogP contribution < -0.4 is 15.9 Å². The molecule has 2 aromatic rings. The van der Waals surface area contributed by atoms with Crippen molar-refractivity contribution in [1.29, 1.82) is 0 Å². The normalized spacial score (nSPS) is 17.5. The van der Waals surface area contributed by atoms with Crippen LogP contribution in [0.25, 0.3) is 11.2 Å². The Hall–Kier alpha value is -2.60. The number of carbonyl (C=O) groups excluding carboxylic acids is 2. The molecule has 206 valence electrons. The number of fused-ring (bicyclic) bond motifs is 1. The maximum atomic E-state index is 14.0. The van der Waals surface area contributed by atoms with E-state index in [1.165, 1.54) is 6.33 Å². The molecular formula is C23H38N7O6P. The van der Waals surface area contributed by atoms with Crippen molar-refractivity contribution >= 4 is 36.4 Å². The van der Waals surface area contributed by atoms with E-state index in [1.807, 2.05) is 6.92 Å². The van der Waals surface area contributed by atoms with Gasteiger partial charge in [0.15, 0.2) is 11.5 Å². The van der Waals surface area contributed by atoms with Gasteiger partial charge in [0.05, 0.1) is 25.6 Å². The summed E-state index contributed by atoms with van der Waals surface area (Å²) >= 11 is 0. The molecule has 1 aliphatic rings. The van der Waals surface area contributed by atoms with Gasteiger partial charge in [0, 0.05) is 0 Å². The van der Waals surface area contributed by atoms with Gasteiger partial charge in [-0.05, 0) is 53.4 Å². The van der Waals surface area contributed by atoms with Crippen molar-refractivity contribution in [2.24, 2.45) is 0 Å². The van der Waals surface area contributed by atoms with Gasteiger partial charge in [-0.15, -0.1) is 0 Å². The van der Waals surface area contributed by atoms with Crippen molar-refractivity contribution in [2.45, 2.75) is 90.6 Å². The Morgan fingerprint density at radius 3 is 2.65 bits per heavy atom. The number of ether oxygens (including phenoxy) is 3. The smallest absolute Gasteiger partial charge is 0.326 e. The third-order valence-corrected chi connectivity index (χ3v) is 8.16. The SMILES string of the molecule is CCCOC(=O)C(C)(C)N[P@@](=O)(CO[C@H](C)Cn1cnc2c(N)ncnc21)N[C@H](C)C(=O)OC1CCC1. The quantitative estimate of drug-likeness (QED) is 0.237. The molecule has 1 aliphatic carbocycles. The molecule has 2 heterocycles. The highest BCUT2D eigenvalue weighted by Gasteiger charge is 2.39. The lowest BCUT2D eigenvalue weighted by Crippen LogP contribution is -2.50. The predicted molar refractivity (Wildman–Crippen MR) is 138 cm³/mol. The van der Waals surface area contributed by atoms with Crippen molar-refractivity contribution in [1.82, 2.24) is 29.7 Å². The minimum atomic E-state index is -3.66. The van der Waals surface area contributed by atoms with Crippen molar-refractivity contribution in [2.75, 3.05) is 18.7 Å². The van der Waals surface area contributed by atoms with Gasteiger partial charge in [0.25, 0.3) is 0 Å². The molecule has 0 spiro atoms. The number of nitrogens with zero attached hydrogens (tertiary/aromatic N) is 4. The second-order valence-electron chi connectivity index (χ2n) is 9.89. The number of nitrogens with one attached hydrogen (secondary N) is 2. The zero-order chi connectivity index (χ0) is 27.2. The molecule has 0 unspecified atom stereocenters. The summed E-state index contributed by atoms with van der Waals surface area (Å²) in [6.45, 7) is 8.98. The maximum Gasteiger partial charge on any atom is 0.326 e. The van der Waals surface area contributed by atoms with Gasteiger partial charge in [0.2, 0.25) is 7.44 Å². The lowest BCUT2D eigenvalue weighted by Gasteiger charge is -2.33. The van der Waals surface area contributed by atoms with Crippen LogP contribution in [0.1, 0.15) is 60.3 Å². The first-order valence-electron chi connectivity index (χ1n) is 12.5. The second kappa shape index (κ2) is 12.3. The minimum absolute atomic E-state index is 0.108. The van der Waals surface area contributed by atoms with Gasteiger partial charge < -0.3 is 24.5 Å². The van der Waals surface area contributed by atoms with Crippen molar-refractivity contribution in [3.05, 3.63) is 12.7 Å². The number of esters is 2. The monoisotopic (exact) mass is 539 g/mol. The molecule has 0 radical (unpaired) electrons. The fourth-order valence-electron chi connectivity index (χ4n) is 3.69. The Kier molecular flexibility index (Phi) is 9.63. The summed E-state index contributed by atoms with van der Waals surface area (Å²) in [7, 11) is -3.66. The summed E-state index contributed by atoms with van der Waals surface area (Å²) < 4.78 is 32.5. The van der Waals surface area contributed by atoms with Gasteiger partial charge in [-0.2, -0.15) is 0 Å². The Balaban J connectivity index is 1.70. The standard InChI is InChI=1S/C23H38N7O6P/c1-6-10-34-22(32)23(4,5)29-37(33,28-16(3)21(31)36-17-8-7-9-17)14-35-15(2)11-30-13-27-18-19(24)25-12-26-20(18)30/h12-13,15-17H,6-11,14H2,1-5H3,(H2,24,25,26)(H2,28,29,33)/t15-,16-,37-/m1/s1. The first-order chi connectivity index (χ1) is 17.4. The highest BCUT2D eigenvalue weighted by molar-refractivity contribution is 7.59. The highest BCUT2D eigenvalue weighted by Crippen LogP contribution is 2.40. The number of nitrogen functional groups attached to an aromatic ring is 1. The average molecular weight is 540 g/mol. The van der Waals surface area contributed by atoms with E-state index in [-0.39, 0.29) is 24.9 Å². The second-order valence-corrected chi connectivity index (χ2v) is 12.1. The van der Waals surface area contributed by atoms with Crippen LogP contribution in [0.4, 0.5) is 5.82 Å². The molecule has 0 aliphatic heterocycles. The summed E-state index contributed by atoms with van der Waals surface area (Å²) in [4.78, 5) is 37.6. The van der Waals surface area contributed by atoms with E-state index in [9.17, 15) is 14.2 Å². The number of nitrogens with two attached hydrogens (primary N) is 1. The number of imidazole rings is 1. The van der Waals surface area contributed by atoms with Gasteiger partial charge >= 0.3 is 11.9 Å². The minimum Gasteiger partial charge on any atom is -0.464 e. The van der Waals surface area contributed by atoms with Crippen LogP contribution >= 0.6 is 7.44 Å². The lowest BCUT2D eigenvalue weighted by atomic mass is 9.96. The van der Waals surface area contributed by atoms with Gasteiger partial charge in [-0.25, -0.2) is 25.1 Å².